The minimum atomic E-state index is 0.764. The van der Waals surface area contributed by atoms with Crippen molar-refractivity contribution in [3.8, 4) is 0 Å². The minimum Gasteiger partial charge on any atom is -0.313 e. The van der Waals surface area contributed by atoms with E-state index in [0.717, 1.165) is 6.04 Å². The maximum Gasteiger partial charge on any atom is 0.0195 e. The van der Waals surface area contributed by atoms with E-state index in [1.807, 2.05) is 41.5 Å². The molecular formula is C13H34N2. The van der Waals surface area contributed by atoms with Crippen LogP contribution >= 0.6 is 0 Å². The second-order valence-electron chi connectivity index (χ2n) is 3.06. The summed E-state index contributed by atoms with van der Waals surface area (Å²) < 4.78 is 0. The molecule has 0 saturated carbocycles. The normalized spacial score (nSPS) is 17.8. The smallest absolute Gasteiger partial charge is 0.0195 e. The largest absolute Gasteiger partial charge is 0.313 e. The summed E-state index contributed by atoms with van der Waals surface area (Å²) in [5.74, 6) is 0. The van der Waals surface area contributed by atoms with Crippen LogP contribution in [0.1, 0.15) is 54.4 Å². The van der Waals surface area contributed by atoms with Crippen LogP contribution in [-0.4, -0.2) is 38.1 Å². The number of hydrogen-bond donors (Lipinski definition) is 1. The van der Waals surface area contributed by atoms with E-state index in [9.17, 15) is 0 Å². The van der Waals surface area contributed by atoms with Crippen molar-refractivity contribution in [1.82, 2.24) is 10.2 Å². The molecule has 1 fully saturated rings. The van der Waals surface area contributed by atoms with Crippen molar-refractivity contribution in [2.24, 2.45) is 0 Å². The highest BCUT2D eigenvalue weighted by Crippen LogP contribution is 2.04. The van der Waals surface area contributed by atoms with Gasteiger partial charge in [-0.05, 0) is 33.5 Å². The van der Waals surface area contributed by atoms with Crippen LogP contribution in [-0.2, 0) is 0 Å². The molecule has 0 aromatic carbocycles. The van der Waals surface area contributed by atoms with Gasteiger partial charge in [0.05, 0.1) is 0 Å². The number of nitrogens with zero attached hydrogens (tertiary/aromatic N) is 1. The van der Waals surface area contributed by atoms with Gasteiger partial charge in [0.25, 0.3) is 0 Å². The molecule has 0 amide bonds. The molecule has 1 atom stereocenters. The minimum absolute atomic E-state index is 0.764. The van der Waals surface area contributed by atoms with Crippen molar-refractivity contribution in [1.29, 1.82) is 0 Å². The molecule has 0 bridgehead atoms. The predicted octanol–water partition coefficient (Wildman–Crippen LogP) is 3.38. The molecule has 1 rings (SSSR count). The molecule has 1 saturated heterocycles. The summed E-state index contributed by atoms with van der Waals surface area (Å²) in [5, 5.41) is 3.45. The summed E-state index contributed by atoms with van der Waals surface area (Å²) >= 11 is 0. The Labute approximate surface area is 98.4 Å². The molecule has 0 spiro atoms. The van der Waals surface area contributed by atoms with Gasteiger partial charge in [0.1, 0.15) is 0 Å². The summed E-state index contributed by atoms with van der Waals surface area (Å²) in [6.07, 6.45) is 2.72. The average molecular weight is 218 g/mol. The molecule has 0 aromatic rings. The Morgan fingerprint density at radius 3 is 1.73 bits per heavy atom. The summed E-state index contributed by atoms with van der Waals surface area (Å²) in [7, 11) is 4.25. The van der Waals surface area contributed by atoms with Gasteiger partial charge >= 0.3 is 0 Å². The van der Waals surface area contributed by atoms with Crippen molar-refractivity contribution in [2.75, 3.05) is 27.2 Å². The lowest BCUT2D eigenvalue weighted by molar-refractivity contribution is 0.357. The van der Waals surface area contributed by atoms with E-state index in [1.54, 1.807) is 0 Å². The second-order valence-corrected chi connectivity index (χ2v) is 3.06. The van der Waals surface area contributed by atoms with Crippen LogP contribution in [0.2, 0.25) is 0 Å². The van der Waals surface area contributed by atoms with Gasteiger partial charge in [0, 0.05) is 12.6 Å². The highest BCUT2D eigenvalue weighted by molar-refractivity contribution is 4.75. The number of nitrogens with one attached hydrogen (secondary N) is 1. The zero-order valence-corrected chi connectivity index (χ0v) is 12.4. The van der Waals surface area contributed by atoms with E-state index < -0.39 is 0 Å². The van der Waals surface area contributed by atoms with Crippen molar-refractivity contribution in [3.63, 3.8) is 0 Å². The molecule has 1 aliphatic heterocycles. The van der Waals surface area contributed by atoms with Crippen LogP contribution in [0.15, 0.2) is 0 Å². The maximum atomic E-state index is 3.45. The van der Waals surface area contributed by atoms with Crippen molar-refractivity contribution >= 4 is 0 Å². The van der Waals surface area contributed by atoms with Gasteiger partial charge in [-0.15, -0.1) is 0 Å². The average Bonchev–Trinajstić information content (AvgIpc) is 2.78. The summed E-state index contributed by atoms with van der Waals surface area (Å²) in [6.45, 7) is 14.4. The lowest BCUT2D eigenvalue weighted by Gasteiger charge is -2.15. The zero-order chi connectivity index (χ0) is 12.7. The fourth-order valence-electron chi connectivity index (χ4n) is 1.35. The van der Waals surface area contributed by atoms with Crippen molar-refractivity contribution in [3.05, 3.63) is 0 Å². The monoisotopic (exact) mass is 218 g/mol. The molecule has 0 radical (unpaired) electrons. The van der Waals surface area contributed by atoms with E-state index >= 15 is 0 Å². The first-order chi connectivity index (χ1) is 7.29. The van der Waals surface area contributed by atoms with Gasteiger partial charge in [0.2, 0.25) is 0 Å². The molecule has 96 valence electrons. The molecular weight excluding hydrogens is 184 g/mol. The molecule has 1 unspecified atom stereocenters. The number of rotatable bonds is 2. The lowest BCUT2D eigenvalue weighted by Crippen LogP contribution is -2.33. The molecule has 1 aliphatic rings. The fourth-order valence-corrected chi connectivity index (χ4v) is 1.35. The summed E-state index contributed by atoms with van der Waals surface area (Å²) in [6, 6.07) is 0.764. The van der Waals surface area contributed by atoms with Crippen LogP contribution in [0.4, 0.5) is 0 Å². The third kappa shape index (κ3) is 16.6. The fraction of sp³-hybridized carbons (Fsp3) is 1.00. The zero-order valence-electron chi connectivity index (χ0n) is 12.4. The van der Waals surface area contributed by atoms with Gasteiger partial charge in [-0.25, -0.2) is 0 Å². The van der Waals surface area contributed by atoms with Gasteiger partial charge < -0.3 is 10.2 Å². The van der Waals surface area contributed by atoms with E-state index in [0.29, 0.717) is 0 Å². The van der Waals surface area contributed by atoms with Gasteiger partial charge in [-0.1, -0.05) is 41.5 Å². The Kier molecular flexibility index (Phi) is 26.4. The Hall–Kier alpha value is -0.0800. The van der Waals surface area contributed by atoms with Crippen molar-refractivity contribution < 1.29 is 0 Å². The number of hydrogen-bond acceptors (Lipinski definition) is 2. The Balaban J connectivity index is -0.000000208. The van der Waals surface area contributed by atoms with Crippen LogP contribution in [0.3, 0.4) is 0 Å². The van der Waals surface area contributed by atoms with Crippen LogP contribution in [0, 0.1) is 0 Å². The van der Waals surface area contributed by atoms with E-state index in [2.05, 4.69) is 24.3 Å². The van der Waals surface area contributed by atoms with E-state index in [1.165, 1.54) is 25.9 Å². The van der Waals surface area contributed by atoms with Crippen LogP contribution in [0.25, 0.3) is 0 Å². The SMILES string of the molecule is CC.CC.CC.CN(C)CC1CCCN1. The lowest BCUT2D eigenvalue weighted by atomic mass is 10.2. The Morgan fingerprint density at radius 1 is 1.00 bits per heavy atom. The summed E-state index contributed by atoms with van der Waals surface area (Å²) in [5.41, 5.74) is 0. The predicted molar refractivity (Wildman–Crippen MR) is 73.6 cm³/mol. The molecule has 15 heavy (non-hydrogen) atoms. The highest BCUT2D eigenvalue weighted by atomic mass is 15.1. The second kappa shape index (κ2) is 19.5. The third-order valence-electron chi connectivity index (χ3n) is 1.75. The van der Waals surface area contributed by atoms with Gasteiger partial charge in [-0.2, -0.15) is 0 Å². The highest BCUT2D eigenvalue weighted by Gasteiger charge is 2.13. The first-order valence-electron chi connectivity index (χ1n) is 6.67. The van der Waals surface area contributed by atoms with Gasteiger partial charge in [-0.3, -0.25) is 0 Å². The maximum absolute atomic E-state index is 3.45. The Morgan fingerprint density at radius 2 is 1.47 bits per heavy atom. The quantitative estimate of drug-likeness (QED) is 0.764. The number of likely N-dealkylation sites (N-methyl/N-ethyl adjacent to an activating group) is 1. The van der Waals surface area contributed by atoms with E-state index in [4.69, 9.17) is 0 Å². The Bertz CT molecular complexity index is 76.6. The molecule has 1 N–H and O–H groups in total. The topological polar surface area (TPSA) is 15.3 Å². The molecule has 2 heteroatoms. The van der Waals surface area contributed by atoms with E-state index in [-0.39, 0.29) is 0 Å². The van der Waals surface area contributed by atoms with Gasteiger partial charge in [0.15, 0.2) is 0 Å². The first kappa shape index (κ1) is 20.3. The standard InChI is InChI=1S/C7H16N2.3C2H6/c1-9(2)6-7-4-3-5-8-7;3*1-2/h7-8H,3-6H2,1-2H3;3*1-2H3. The molecule has 2 nitrogen and oxygen atoms in total. The van der Waals surface area contributed by atoms with Crippen LogP contribution in [0.5, 0.6) is 0 Å². The molecule has 1 heterocycles. The van der Waals surface area contributed by atoms with Crippen molar-refractivity contribution in [2.45, 2.75) is 60.4 Å². The first-order valence-corrected chi connectivity index (χ1v) is 6.67. The third-order valence-corrected chi connectivity index (χ3v) is 1.75. The molecule has 0 aliphatic carbocycles. The van der Waals surface area contributed by atoms with Crippen LogP contribution < -0.4 is 5.32 Å². The molecule has 0 aromatic heterocycles. The summed E-state index contributed by atoms with van der Waals surface area (Å²) in [4.78, 5) is 2.24.